The van der Waals surface area contributed by atoms with E-state index in [1.54, 1.807) is 19.2 Å². The standard InChI is InChI=1S/C16H23N5O2/c1-3-14(16(22)18-15-9-11(2)23-20-15)21-8-4-5-12(10-21)13-6-7-17-19-13/h6-7,9,12,14H,3-5,8,10H2,1-2H3,(H,17,19)(H,18,20,22)/t12-,14-/m0/s1. The van der Waals surface area contributed by atoms with E-state index in [-0.39, 0.29) is 11.9 Å². The van der Waals surface area contributed by atoms with E-state index in [9.17, 15) is 4.79 Å². The number of aryl methyl sites for hydroxylation is 1. The summed E-state index contributed by atoms with van der Waals surface area (Å²) in [6, 6.07) is 3.60. The van der Waals surface area contributed by atoms with Crippen molar-refractivity contribution in [2.24, 2.45) is 0 Å². The van der Waals surface area contributed by atoms with Crippen molar-refractivity contribution in [3.05, 3.63) is 29.8 Å². The lowest BCUT2D eigenvalue weighted by atomic mass is 9.93. The second kappa shape index (κ2) is 6.95. The summed E-state index contributed by atoms with van der Waals surface area (Å²) >= 11 is 0. The first kappa shape index (κ1) is 15.7. The second-order valence-corrected chi connectivity index (χ2v) is 6.08. The van der Waals surface area contributed by atoms with Crippen molar-refractivity contribution >= 4 is 11.7 Å². The minimum atomic E-state index is -0.155. The first-order chi connectivity index (χ1) is 11.2. The van der Waals surface area contributed by atoms with Crippen molar-refractivity contribution in [2.75, 3.05) is 18.4 Å². The van der Waals surface area contributed by atoms with Gasteiger partial charge < -0.3 is 9.84 Å². The fourth-order valence-corrected chi connectivity index (χ4v) is 3.28. The van der Waals surface area contributed by atoms with Crippen LogP contribution in [0.4, 0.5) is 5.82 Å². The van der Waals surface area contributed by atoms with E-state index in [4.69, 9.17) is 4.52 Å². The lowest BCUT2D eigenvalue weighted by Crippen LogP contribution is -2.48. The number of nitrogens with one attached hydrogen (secondary N) is 2. The number of likely N-dealkylation sites (tertiary alicyclic amines) is 1. The molecule has 0 aromatic carbocycles. The summed E-state index contributed by atoms with van der Waals surface area (Å²) in [5, 5.41) is 13.8. The monoisotopic (exact) mass is 317 g/mol. The zero-order valence-electron chi connectivity index (χ0n) is 13.6. The largest absolute Gasteiger partial charge is 0.360 e. The van der Waals surface area contributed by atoms with Crippen LogP contribution in [0.2, 0.25) is 0 Å². The predicted octanol–water partition coefficient (Wildman–Crippen LogP) is 2.30. The Bertz CT molecular complexity index is 637. The van der Waals surface area contributed by atoms with Crippen molar-refractivity contribution in [3.8, 4) is 0 Å². The summed E-state index contributed by atoms with van der Waals surface area (Å²) in [7, 11) is 0. The maximum atomic E-state index is 12.6. The van der Waals surface area contributed by atoms with Gasteiger partial charge in [-0.3, -0.25) is 14.8 Å². The topological polar surface area (TPSA) is 87.1 Å². The molecule has 124 valence electrons. The fraction of sp³-hybridized carbons (Fsp3) is 0.562. The van der Waals surface area contributed by atoms with Crippen molar-refractivity contribution in [1.29, 1.82) is 0 Å². The van der Waals surface area contributed by atoms with E-state index in [0.29, 0.717) is 17.5 Å². The molecule has 0 unspecified atom stereocenters. The van der Waals surface area contributed by atoms with Crippen LogP contribution >= 0.6 is 0 Å². The van der Waals surface area contributed by atoms with Crippen molar-refractivity contribution in [3.63, 3.8) is 0 Å². The summed E-state index contributed by atoms with van der Waals surface area (Å²) in [4.78, 5) is 14.9. The van der Waals surface area contributed by atoms with Crippen LogP contribution in [-0.2, 0) is 4.79 Å². The Morgan fingerprint density at radius 3 is 3.13 bits per heavy atom. The van der Waals surface area contributed by atoms with Gasteiger partial charge in [-0.1, -0.05) is 12.1 Å². The van der Waals surface area contributed by atoms with Gasteiger partial charge in [-0.25, -0.2) is 0 Å². The second-order valence-electron chi connectivity index (χ2n) is 6.08. The van der Waals surface area contributed by atoms with Gasteiger partial charge in [0.2, 0.25) is 5.91 Å². The van der Waals surface area contributed by atoms with Crippen LogP contribution in [0.3, 0.4) is 0 Å². The van der Waals surface area contributed by atoms with Gasteiger partial charge in [0.1, 0.15) is 5.76 Å². The molecule has 0 bridgehead atoms. The molecule has 1 aliphatic rings. The third-order valence-electron chi connectivity index (χ3n) is 4.42. The number of carbonyl (C=O) groups is 1. The molecule has 0 radical (unpaired) electrons. The molecule has 3 rings (SSSR count). The summed E-state index contributed by atoms with van der Waals surface area (Å²) in [6.45, 7) is 5.65. The Morgan fingerprint density at radius 2 is 2.48 bits per heavy atom. The molecule has 2 aromatic rings. The number of hydrogen-bond donors (Lipinski definition) is 2. The summed E-state index contributed by atoms with van der Waals surface area (Å²) in [5.74, 6) is 1.55. The molecule has 0 aliphatic carbocycles. The quantitative estimate of drug-likeness (QED) is 0.883. The lowest BCUT2D eigenvalue weighted by Gasteiger charge is -2.36. The number of carbonyl (C=O) groups excluding carboxylic acids is 1. The number of aromatic nitrogens is 3. The predicted molar refractivity (Wildman–Crippen MR) is 86.1 cm³/mol. The molecule has 0 saturated carbocycles. The lowest BCUT2D eigenvalue weighted by molar-refractivity contribution is -0.122. The number of nitrogens with zero attached hydrogens (tertiary/aromatic N) is 3. The van der Waals surface area contributed by atoms with Gasteiger partial charge in [-0.15, -0.1) is 0 Å². The van der Waals surface area contributed by atoms with Crippen LogP contribution in [0.1, 0.15) is 43.6 Å². The number of anilines is 1. The highest BCUT2D eigenvalue weighted by Crippen LogP contribution is 2.27. The molecule has 7 nitrogen and oxygen atoms in total. The minimum absolute atomic E-state index is 0.0222. The van der Waals surface area contributed by atoms with Gasteiger partial charge >= 0.3 is 0 Å². The van der Waals surface area contributed by atoms with Crippen LogP contribution in [-0.4, -0.2) is 45.3 Å². The van der Waals surface area contributed by atoms with Crippen molar-refractivity contribution in [2.45, 2.75) is 45.1 Å². The Kier molecular flexibility index (Phi) is 4.76. The van der Waals surface area contributed by atoms with E-state index >= 15 is 0 Å². The number of aromatic amines is 1. The highest BCUT2D eigenvalue weighted by molar-refractivity contribution is 5.94. The number of H-pyrrole nitrogens is 1. The smallest absolute Gasteiger partial charge is 0.242 e. The van der Waals surface area contributed by atoms with Crippen LogP contribution < -0.4 is 5.32 Å². The molecule has 1 fully saturated rings. The van der Waals surface area contributed by atoms with E-state index in [2.05, 4.69) is 25.6 Å². The molecule has 23 heavy (non-hydrogen) atoms. The van der Waals surface area contributed by atoms with Crippen molar-refractivity contribution < 1.29 is 9.32 Å². The molecule has 2 N–H and O–H groups in total. The van der Waals surface area contributed by atoms with Gasteiger partial charge in [-0.05, 0) is 38.8 Å². The Balaban J connectivity index is 1.66. The zero-order chi connectivity index (χ0) is 16.2. The van der Waals surface area contributed by atoms with Crippen LogP contribution in [0.25, 0.3) is 0 Å². The minimum Gasteiger partial charge on any atom is -0.360 e. The maximum absolute atomic E-state index is 12.6. The third kappa shape index (κ3) is 3.61. The molecule has 3 heterocycles. The third-order valence-corrected chi connectivity index (χ3v) is 4.42. The molecular weight excluding hydrogens is 294 g/mol. The first-order valence-electron chi connectivity index (χ1n) is 8.15. The summed E-state index contributed by atoms with van der Waals surface area (Å²) in [6.07, 6.45) is 4.75. The molecule has 2 atom stereocenters. The van der Waals surface area contributed by atoms with Gasteiger partial charge in [0, 0.05) is 30.4 Å². The van der Waals surface area contributed by atoms with E-state index < -0.39 is 0 Å². The van der Waals surface area contributed by atoms with Gasteiger partial charge in [0.05, 0.1) is 6.04 Å². The SMILES string of the molecule is CC[C@@H](C(=O)Nc1cc(C)on1)N1CCC[C@H](c2ccn[nH]2)C1. The first-order valence-corrected chi connectivity index (χ1v) is 8.15. The van der Waals surface area contributed by atoms with Gasteiger partial charge in [-0.2, -0.15) is 5.10 Å². The number of piperidine rings is 1. The average molecular weight is 317 g/mol. The number of hydrogen-bond acceptors (Lipinski definition) is 5. The number of amides is 1. The van der Waals surface area contributed by atoms with E-state index in [1.807, 2.05) is 13.0 Å². The average Bonchev–Trinajstić information content (AvgIpc) is 3.20. The normalized spacial score (nSPS) is 20.3. The summed E-state index contributed by atoms with van der Waals surface area (Å²) in [5.41, 5.74) is 1.15. The van der Waals surface area contributed by atoms with E-state index in [0.717, 1.165) is 38.0 Å². The Hall–Kier alpha value is -2.15. The Morgan fingerprint density at radius 1 is 1.61 bits per heavy atom. The van der Waals surface area contributed by atoms with Crippen LogP contribution in [0.5, 0.6) is 0 Å². The van der Waals surface area contributed by atoms with Gasteiger partial charge in [0.25, 0.3) is 0 Å². The molecular formula is C16H23N5O2. The molecule has 1 amide bonds. The zero-order valence-corrected chi connectivity index (χ0v) is 13.6. The van der Waals surface area contributed by atoms with Crippen LogP contribution in [0, 0.1) is 6.92 Å². The maximum Gasteiger partial charge on any atom is 0.242 e. The van der Waals surface area contributed by atoms with Gasteiger partial charge in [0.15, 0.2) is 5.82 Å². The highest BCUT2D eigenvalue weighted by Gasteiger charge is 2.30. The molecule has 1 saturated heterocycles. The molecule has 7 heteroatoms. The highest BCUT2D eigenvalue weighted by atomic mass is 16.5. The molecule has 1 aliphatic heterocycles. The van der Waals surface area contributed by atoms with Crippen LogP contribution in [0.15, 0.2) is 22.9 Å². The van der Waals surface area contributed by atoms with E-state index in [1.165, 1.54) is 0 Å². The molecule has 2 aromatic heterocycles. The summed E-state index contributed by atoms with van der Waals surface area (Å²) < 4.78 is 5.00. The number of rotatable bonds is 5. The molecule has 0 spiro atoms. The fourth-order valence-electron chi connectivity index (χ4n) is 3.28. The van der Waals surface area contributed by atoms with Crippen molar-refractivity contribution in [1.82, 2.24) is 20.3 Å². The Labute approximate surface area is 135 Å².